The first-order valence-corrected chi connectivity index (χ1v) is 8.42. The Hall–Kier alpha value is -1.29. The summed E-state index contributed by atoms with van der Waals surface area (Å²) >= 11 is 0. The highest BCUT2D eigenvalue weighted by molar-refractivity contribution is 7.86. The molecule has 2 N–H and O–H groups in total. The maximum Gasteiger partial charge on any atom is 0.296 e. The molecule has 9 heteroatoms. The molecule has 0 aromatic heterocycles. The van der Waals surface area contributed by atoms with Gasteiger partial charge < -0.3 is 0 Å². The minimum absolute atomic E-state index is 0.00222. The molecule has 7 nitrogen and oxygen atoms in total. The van der Waals surface area contributed by atoms with Crippen LogP contribution in [0, 0.1) is 0 Å². The minimum atomic E-state index is -4.67. The van der Waals surface area contributed by atoms with Crippen molar-refractivity contribution in [1.82, 2.24) is 0 Å². The first-order chi connectivity index (χ1) is 8.85. The predicted molar refractivity (Wildman–Crippen MR) is 71.9 cm³/mol. The zero-order valence-electron chi connectivity index (χ0n) is 10.9. The maximum absolute atomic E-state index is 11.4. The molecule has 0 saturated carbocycles. The second-order valence-electron chi connectivity index (χ2n) is 5.09. The van der Waals surface area contributed by atoms with Crippen LogP contribution in [0.25, 0.3) is 0 Å². The SMILES string of the molecule is CC1=Nc2c(cc(S(=O)(=O)O)cc2S(=O)(=O)O)C1(C)C. The topological polar surface area (TPSA) is 121 Å². The van der Waals surface area contributed by atoms with Gasteiger partial charge in [-0.2, -0.15) is 16.8 Å². The quantitative estimate of drug-likeness (QED) is 0.798. The van der Waals surface area contributed by atoms with E-state index < -0.39 is 35.4 Å². The third kappa shape index (κ3) is 2.26. The monoisotopic (exact) mass is 319 g/mol. The fraction of sp³-hybridized carbons (Fsp3) is 0.364. The van der Waals surface area contributed by atoms with Gasteiger partial charge in [-0.3, -0.25) is 14.1 Å². The minimum Gasteiger partial charge on any atom is -0.282 e. The molecule has 0 spiro atoms. The Morgan fingerprint density at radius 1 is 1.05 bits per heavy atom. The van der Waals surface area contributed by atoms with E-state index in [0.717, 1.165) is 0 Å². The lowest BCUT2D eigenvalue weighted by atomic mass is 9.82. The highest BCUT2D eigenvalue weighted by atomic mass is 32.2. The van der Waals surface area contributed by atoms with Crippen LogP contribution in [-0.2, 0) is 25.7 Å². The van der Waals surface area contributed by atoms with E-state index in [1.54, 1.807) is 20.8 Å². The molecule has 0 radical (unpaired) electrons. The first-order valence-electron chi connectivity index (χ1n) is 5.54. The fourth-order valence-electron chi connectivity index (χ4n) is 2.02. The lowest BCUT2D eigenvalue weighted by Gasteiger charge is -2.20. The van der Waals surface area contributed by atoms with E-state index in [2.05, 4.69) is 4.99 Å². The molecule has 0 saturated heterocycles. The summed E-state index contributed by atoms with van der Waals surface area (Å²) in [5.41, 5.74) is 0.195. The van der Waals surface area contributed by atoms with Crippen LogP contribution in [0.2, 0.25) is 0 Å². The number of rotatable bonds is 2. The van der Waals surface area contributed by atoms with Crippen molar-refractivity contribution in [2.45, 2.75) is 36.0 Å². The molecule has 0 bridgehead atoms. The van der Waals surface area contributed by atoms with E-state index in [1.807, 2.05) is 0 Å². The van der Waals surface area contributed by atoms with Gasteiger partial charge in [0.15, 0.2) is 0 Å². The third-order valence-electron chi connectivity index (χ3n) is 3.48. The number of hydrogen-bond donors (Lipinski definition) is 2. The molecule has 20 heavy (non-hydrogen) atoms. The van der Waals surface area contributed by atoms with Gasteiger partial charge in [0, 0.05) is 11.1 Å². The molecule has 1 aliphatic heterocycles. The summed E-state index contributed by atoms with van der Waals surface area (Å²) < 4.78 is 63.6. The Bertz CT molecular complexity index is 834. The average molecular weight is 319 g/mol. The molecule has 1 aliphatic rings. The Balaban J connectivity index is 2.95. The standard InChI is InChI=1S/C11H13NO6S2/c1-6-11(2,3)8-4-7(19(13,14)15)5-9(10(8)12-6)20(16,17)18/h4-5H,1-3H3,(H,13,14,15)(H,16,17,18). The van der Waals surface area contributed by atoms with E-state index in [-0.39, 0.29) is 5.69 Å². The van der Waals surface area contributed by atoms with E-state index in [4.69, 9.17) is 4.55 Å². The van der Waals surface area contributed by atoms with Gasteiger partial charge in [-0.1, -0.05) is 13.8 Å². The van der Waals surface area contributed by atoms with Gasteiger partial charge in [0.05, 0.1) is 10.6 Å². The van der Waals surface area contributed by atoms with E-state index in [9.17, 15) is 21.4 Å². The summed E-state index contributed by atoms with van der Waals surface area (Å²) in [6.45, 7) is 5.14. The van der Waals surface area contributed by atoms with Crippen LogP contribution in [0.1, 0.15) is 26.3 Å². The molecule has 1 aromatic carbocycles. The molecule has 0 atom stereocenters. The van der Waals surface area contributed by atoms with Gasteiger partial charge in [-0.05, 0) is 24.6 Å². The summed E-state index contributed by atoms with van der Waals surface area (Å²) in [5.74, 6) is 0. The van der Waals surface area contributed by atoms with Crippen molar-refractivity contribution < 1.29 is 25.9 Å². The van der Waals surface area contributed by atoms with Crippen molar-refractivity contribution >= 4 is 31.6 Å². The van der Waals surface area contributed by atoms with Crippen LogP contribution >= 0.6 is 0 Å². The molecule has 1 aromatic rings. The Labute approximate surface area is 116 Å². The molecule has 110 valence electrons. The molecule has 0 fully saturated rings. The molecule has 0 aliphatic carbocycles. The van der Waals surface area contributed by atoms with Crippen LogP contribution in [0.5, 0.6) is 0 Å². The number of hydrogen-bond acceptors (Lipinski definition) is 5. The van der Waals surface area contributed by atoms with Gasteiger partial charge >= 0.3 is 0 Å². The van der Waals surface area contributed by atoms with Gasteiger partial charge in [0.1, 0.15) is 4.90 Å². The molecule has 0 amide bonds. The highest BCUT2D eigenvalue weighted by Gasteiger charge is 2.37. The van der Waals surface area contributed by atoms with Crippen LogP contribution in [0.4, 0.5) is 5.69 Å². The average Bonchev–Trinajstić information content (AvgIpc) is 2.46. The Morgan fingerprint density at radius 3 is 2.05 bits per heavy atom. The zero-order valence-corrected chi connectivity index (χ0v) is 12.6. The lowest BCUT2D eigenvalue weighted by molar-refractivity contribution is 0.481. The Kier molecular flexibility index (Phi) is 3.10. The van der Waals surface area contributed by atoms with Crippen LogP contribution in [0.3, 0.4) is 0 Å². The second-order valence-corrected chi connectivity index (χ2v) is 7.90. The van der Waals surface area contributed by atoms with Gasteiger partial charge in [-0.25, -0.2) is 0 Å². The zero-order chi connectivity index (χ0) is 15.5. The van der Waals surface area contributed by atoms with E-state index >= 15 is 0 Å². The lowest BCUT2D eigenvalue weighted by Crippen LogP contribution is -2.23. The van der Waals surface area contributed by atoms with Crippen molar-refractivity contribution in [2.24, 2.45) is 4.99 Å². The van der Waals surface area contributed by atoms with E-state index in [0.29, 0.717) is 17.3 Å². The molecular formula is C11H13NO6S2. The van der Waals surface area contributed by atoms with Crippen LogP contribution < -0.4 is 0 Å². The smallest absolute Gasteiger partial charge is 0.282 e. The number of aliphatic imine (C=N–C) groups is 1. The Morgan fingerprint density at radius 2 is 1.60 bits per heavy atom. The summed E-state index contributed by atoms with van der Waals surface area (Å²) in [6, 6.07) is 1.86. The number of fused-ring (bicyclic) bond motifs is 1. The van der Waals surface area contributed by atoms with Crippen LogP contribution in [-0.4, -0.2) is 31.7 Å². The molecular weight excluding hydrogens is 306 g/mol. The van der Waals surface area contributed by atoms with Gasteiger partial charge in [-0.15, -0.1) is 0 Å². The summed E-state index contributed by atoms with van der Waals surface area (Å²) in [6.07, 6.45) is 0. The molecule has 0 unspecified atom stereocenters. The van der Waals surface area contributed by atoms with Gasteiger partial charge in [0.2, 0.25) is 0 Å². The molecule has 2 rings (SSSR count). The second kappa shape index (κ2) is 4.10. The van der Waals surface area contributed by atoms with Crippen molar-refractivity contribution in [3.05, 3.63) is 17.7 Å². The maximum atomic E-state index is 11.4. The molecule has 1 heterocycles. The normalized spacial score (nSPS) is 17.8. The predicted octanol–water partition coefficient (Wildman–Crippen LogP) is 1.56. The largest absolute Gasteiger partial charge is 0.296 e. The van der Waals surface area contributed by atoms with Crippen molar-refractivity contribution in [3.8, 4) is 0 Å². The fourth-order valence-corrected chi connectivity index (χ4v) is 3.31. The van der Waals surface area contributed by atoms with Crippen molar-refractivity contribution in [1.29, 1.82) is 0 Å². The summed E-state index contributed by atoms with van der Waals surface area (Å²) in [7, 11) is -9.27. The van der Waals surface area contributed by atoms with Crippen LogP contribution in [0.15, 0.2) is 26.9 Å². The highest BCUT2D eigenvalue weighted by Crippen LogP contribution is 2.44. The number of benzene rings is 1. The van der Waals surface area contributed by atoms with Crippen molar-refractivity contribution in [2.75, 3.05) is 0 Å². The van der Waals surface area contributed by atoms with E-state index in [1.165, 1.54) is 6.07 Å². The number of nitrogens with zero attached hydrogens (tertiary/aromatic N) is 1. The third-order valence-corrected chi connectivity index (χ3v) is 5.18. The van der Waals surface area contributed by atoms with Gasteiger partial charge in [0.25, 0.3) is 20.2 Å². The van der Waals surface area contributed by atoms with Crippen molar-refractivity contribution in [3.63, 3.8) is 0 Å². The summed E-state index contributed by atoms with van der Waals surface area (Å²) in [4.78, 5) is 2.87. The first kappa shape index (κ1) is 15.1. The summed E-state index contributed by atoms with van der Waals surface area (Å²) in [5, 5.41) is 0.